The molecule has 22 heavy (non-hydrogen) atoms. The summed E-state index contributed by atoms with van der Waals surface area (Å²) in [7, 11) is 0. The summed E-state index contributed by atoms with van der Waals surface area (Å²) < 4.78 is 2.88. The van der Waals surface area contributed by atoms with Crippen molar-refractivity contribution in [1.29, 1.82) is 0 Å². The molecule has 0 unspecified atom stereocenters. The number of amides is 1. The van der Waals surface area contributed by atoms with Crippen molar-refractivity contribution in [3.63, 3.8) is 0 Å². The minimum atomic E-state index is -0.318. The minimum absolute atomic E-state index is 0.293. The highest BCUT2D eigenvalue weighted by Crippen LogP contribution is 2.29. The Kier molecular flexibility index (Phi) is 6.28. The molecule has 0 aliphatic heterocycles. The highest BCUT2D eigenvalue weighted by Gasteiger charge is 2.15. The lowest BCUT2D eigenvalue weighted by atomic mass is 10.2. The second-order valence-electron chi connectivity index (χ2n) is 5.36. The molecular formula is C14H19ClN4OS2. The van der Waals surface area contributed by atoms with Crippen LogP contribution in [0.4, 0.5) is 0 Å². The predicted molar refractivity (Wildman–Crippen MR) is 91.3 cm³/mol. The zero-order valence-corrected chi connectivity index (χ0v) is 15.0. The van der Waals surface area contributed by atoms with Crippen molar-refractivity contribution in [2.75, 3.05) is 0 Å². The van der Waals surface area contributed by atoms with Crippen molar-refractivity contribution in [3.8, 4) is 0 Å². The molecule has 5 nitrogen and oxygen atoms in total. The largest absolute Gasteiger partial charge is 0.370 e. The molecule has 2 N–H and O–H groups in total. The molecule has 0 bridgehead atoms. The van der Waals surface area contributed by atoms with Crippen LogP contribution in [0.15, 0.2) is 17.3 Å². The Morgan fingerprint density at radius 1 is 1.45 bits per heavy atom. The SMILES string of the molecule is CC(C)Cn1c(CCC(N)=O)nnc1SCc1ccc(Cl)s1. The number of nitrogens with zero attached hydrogens (tertiary/aromatic N) is 3. The van der Waals surface area contributed by atoms with Gasteiger partial charge in [-0.05, 0) is 18.1 Å². The van der Waals surface area contributed by atoms with Crippen LogP contribution < -0.4 is 5.73 Å². The predicted octanol–water partition coefficient (Wildman–Crippen LogP) is 3.36. The maximum Gasteiger partial charge on any atom is 0.217 e. The fraction of sp³-hybridized carbons (Fsp3) is 0.500. The Balaban J connectivity index is 2.09. The molecule has 0 radical (unpaired) electrons. The van der Waals surface area contributed by atoms with E-state index in [-0.39, 0.29) is 5.91 Å². The number of carbonyl (C=O) groups is 1. The Morgan fingerprint density at radius 3 is 2.82 bits per heavy atom. The first-order valence-electron chi connectivity index (χ1n) is 7.03. The number of primary amides is 1. The summed E-state index contributed by atoms with van der Waals surface area (Å²) in [5.41, 5.74) is 5.22. The first-order chi connectivity index (χ1) is 10.5. The molecule has 2 rings (SSSR count). The topological polar surface area (TPSA) is 73.8 Å². The van der Waals surface area contributed by atoms with Gasteiger partial charge in [0.05, 0.1) is 4.34 Å². The molecule has 0 aromatic carbocycles. The quantitative estimate of drug-likeness (QED) is 0.734. The summed E-state index contributed by atoms with van der Waals surface area (Å²) in [6.07, 6.45) is 0.821. The third-order valence-corrected chi connectivity index (χ3v) is 5.34. The molecule has 2 heterocycles. The van der Waals surface area contributed by atoms with Crippen molar-refractivity contribution in [2.45, 2.75) is 44.1 Å². The van der Waals surface area contributed by atoms with E-state index in [9.17, 15) is 4.79 Å². The van der Waals surface area contributed by atoms with E-state index in [1.807, 2.05) is 12.1 Å². The average Bonchev–Trinajstić information content (AvgIpc) is 3.00. The lowest BCUT2D eigenvalue weighted by Gasteiger charge is -2.11. The Labute approximate surface area is 143 Å². The first-order valence-corrected chi connectivity index (χ1v) is 9.21. The van der Waals surface area contributed by atoms with Gasteiger partial charge in [0, 0.05) is 30.0 Å². The van der Waals surface area contributed by atoms with Crippen molar-refractivity contribution >= 4 is 40.6 Å². The number of carbonyl (C=O) groups excluding carboxylic acids is 1. The number of rotatable bonds is 8. The summed E-state index contributed by atoms with van der Waals surface area (Å²) >= 11 is 9.16. The van der Waals surface area contributed by atoms with Gasteiger partial charge in [0.15, 0.2) is 5.16 Å². The van der Waals surface area contributed by atoms with Crippen LogP contribution in [0.3, 0.4) is 0 Å². The van der Waals surface area contributed by atoms with E-state index in [4.69, 9.17) is 17.3 Å². The second-order valence-corrected chi connectivity index (χ2v) is 8.11. The van der Waals surface area contributed by atoms with Crippen LogP contribution in [0.5, 0.6) is 0 Å². The lowest BCUT2D eigenvalue weighted by Crippen LogP contribution is -2.15. The van der Waals surface area contributed by atoms with Crippen LogP contribution in [-0.4, -0.2) is 20.7 Å². The number of hydrogen-bond donors (Lipinski definition) is 1. The van der Waals surface area contributed by atoms with Gasteiger partial charge in [-0.3, -0.25) is 4.79 Å². The van der Waals surface area contributed by atoms with Crippen LogP contribution in [0.25, 0.3) is 0 Å². The molecule has 0 saturated carbocycles. The van der Waals surface area contributed by atoms with Crippen LogP contribution >= 0.6 is 34.7 Å². The van der Waals surface area contributed by atoms with Crippen LogP contribution in [-0.2, 0) is 23.5 Å². The first kappa shape index (κ1) is 17.3. The summed E-state index contributed by atoms with van der Waals surface area (Å²) in [6, 6.07) is 3.93. The molecule has 0 spiro atoms. The van der Waals surface area contributed by atoms with E-state index >= 15 is 0 Å². The number of hydrogen-bond acceptors (Lipinski definition) is 5. The number of thioether (sulfide) groups is 1. The fourth-order valence-electron chi connectivity index (χ4n) is 1.96. The molecule has 0 aliphatic rings. The zero-order chi connectivity index (χ0) is 16.1. The summed E-state index contributed by atoms with van der Waals surface area (Å²) in [5.74, 6) is 1.78. The molecule has 2 aromatic heterocycles. The standard InChI is InChI=1S/C14H19ClN4OS2/c1-9(2)7-19-13(6-5-12(16)20)17-18-14(19)21-8-10-3-4-11(15)22-10/h3-4,9H,5-8H2,1-2H3,(H2,16,20). The average molecular weight is 359 g/mol. The Hall–Kier alpha value is -1.05. The Bertz CT molecular complexity index is 639. The van der Waals surface area contributed by atoms with E-state index in [2.05, 4.69) is 28.6 Å². The van der Waals surface area contributed by atoms with Gasteiger partial charge < -0.3 is 10.3 Å². The molecule has 8 heteroatoms. The van der Waals surface area contributed by atoms with Gasteiger partial charge in [-0.2, -0.15) is 0 Å². The number of thiophene rings is 1. The minimum Gasteiger partial charge on any atom is -0.370 e. The van der Waals surface area contributed by atoms with Crippen LogP contribution in [0.2, 0.25) is 4.34 Å². The van der Waals surface area contributed by atoms with Gasteiger partial charge in [0.1, 0.15) is 5.82 Å². The van der Waals surface area contributed by atoms with Crippen molar-refractivity contribution in [3.05, 3.63) is 27.2 Å². The monoisotopic (exact) mass is 358 g/mol. The number of nitrogens with two attached hydrogens (primary N) is 1. The fourth-order valence-corrected chi connectivity index (χ4v) is 4.06. The molecule has 0 atom stereocenters. The summed E-state index contributed by atoms with van der Waals surface area (Å²) in [5, 5.41) is 9.36. The van der Waals surface area contributed by atoms with Gasteiger partial charge in [-0.25, -0.2) is 0 Å². The van der Waals surface area contributed by atoms with E-state index in [1.165, 1.54) is 4.88 Å². The summed E-state index contributed by atoms with van der Waals surface area (Å²) in [6.45, 7) is 5.12. The van der Waals surface area contributed by atoms with Gasteiger partial charge >= 0.3 is 0 Å². The van der Waals surface area contributed by atoms with E-state index in [0.29, 0.717) is 18.8 Å². The number of aryl methyl sites for hydroxylation is 1. The summed E-state index contributed by atoms with van der Waals surface area (Å²) in [4.78, 5) is 12.2. The third-order valence-electron chi connectivity index (χ3n) is 2.91. The third kappa shape index (κ3) is 5.00. The molecule has 0 saturated heterocycles. The second kappa shape index (κ2) is 7.99. The molecule has 1 amide bonds. The van der Waals surface area contributed by atoms with Crippen LogP contribution in [0, 0.1) is 5.92 Å². The van der Waals surface area contributed by atoms with Gasteiger partial charge in [-0.15, -0.1) is 21.5 Å². The van der Waals surface area contributed by atoms with Gasteiger partial charge in [0.2, 0.25) is 5.91 Å². The molecular weight excluding hydrogens is 340 g/mol. The number of aromatic nitrogens is 3. The Morgan fingerprint density at radius 2 is 2.23 bits per heavy atom. The normalized spacial score (nSPS) is 11.3. The van der Waals surface area contributed by atoms with Crippen molar-refractivity contribution in [2.24, 2.45) is 11.7 Å². The lowest BCUT2D eigenvalue weighted by molar-refractivity contribution is -0.118. The molecule has 0 fully saturated rings. The van der Waals surface area contributed by atoms with E-state index < -0.39 is 0 Å². The van der Waals surface area contributed by atoms with Gasteiger partial charge in [0.25, 0.3) is 0 Å². The van der Waals surface area contributed by atoms with Gasteiger partial charge in [-0.1, -0.05) is 37.2 Å². The highest BCUT2D eigenvalue weighted by atomic mass is 35.5. The van der Waals surface area contributed by atoms with Crippen LogP contribution in [0.1, 0.15) is 31.0 Å². The van der Waals surface area contributed by atoms with Crippen molar-refractivity contribution in [1.82, 2.24) is 14.8 Å². The highest BCUT2D eigenvalue weighted by molar-refractivity contribution is 7.98. The molecule has 0 aliphatic carbocycles. The van der Waals surface area contributed by atoms with Crippen molar-refractivity contribution < 1.29 is 4.79 Å². The number of halogens is 1. The maximum absolute atomic E-state index is 11.0. The maximum atomic E-state index is 11.0. The molecule has 120 valence electrons. The van der Waals surface area contributed by atoms with E-state index in [1.54, 1.807) is 23.1 Å². The smallest absolute Gasteiger partial charge is 0.217 e. The zero-order valence-electron chi connectivity index (χ0n) is 12.6. The molecule has 2 aromatic rings. The van der Waals surface area contributed by atoms with E-state index in [0.717, 1.165) is 27.6 Å².